The van der Waals surface area contributed by atoms with Gasteiger partial charge in [0.25, 0.3) is 5.56 Å². The number of benzene rings is 1. The number of carbonyl (C=O) groups excluding carboxylic acids is 1. The minimum Gasteiger partial charge on any atom is -0.496 e. The van der Waals surface area contributed by atoms with Crippen molar-refractivity contribution in [2.45, 2.75) is 26.8 Å². The van der Waals surface area contributed by atoms with Crippen LogP contribution in [0.15, 0.2) is 55.2 Å². The molecule has 0 N–H and O–H groups in total. The van der Waals surface area contributed by atoms with E-state index in [0.717, 1.165) is 20.5 Å². The molecule has 0 bridgehead atoms. The molecule has 2 aromatic heterocycles. The topological polar surface area (TPSA) is 69.9 Å². The van der Waals surface area contributed by atoms with Crippen LogP contribution in [0.4, 0.5) is 0 Å². The summed E-state index contributed by atoms with van der Waals surface area (Å²) in [5.41, 5.74) is 2.58. The van der Waals surface area contributed by atoms with Gasteiger partial charge in [-0.3, -0.25) is 9.36 Å². The molecular formula is C23H21BrN2O4S2. The Kier molecular flexibility index (Phi) is 6.50. The molecule has 0 unspecified atom stereocenters. The molecule has 0 aliphatic carbocycles. The van der Waals surface area contributed by atoms with Crippen LogP contribution >= 0.6 is 38.6 Å². The first-order valence-corrected chi connectivity index (χ1v) is 12.4. The average molecular weight is 533 g/mol. The van der Waals surface area contributed by atoms with E-state index < -0.39 is 12.0 Å². The summed E-state index contributed by atoms with van der Waals surface area (Å²) in [6.45, 7) is 5.78. The number of nitrogens with zero attached hydrogens (tertiary/aromatic N) is 2. The van der Waals surface area contributed by atoms with Gasteiger partial charge in [0.1, 0.15) is 5.75 Å². The van der Waals surface area contributed by atoms with Crippen LogP contribution < -0.4 is 19.6 Å². The zero-order valence-corrected chi connectivity index (χ0v) is 21.2. The van der Waals surface area contributed by atoms with E-state index in [2.05, 4.69) is 20.9 Å². The van der Waals surface area contributed by atoms with Gasteiger partial charge in [-0.25, -0.2) is 9.79 Å². The van der Waals surface area contributed by atoms with Crippen LogP contribution in [0.5, 0.6) is 5.75 Å². The lowest BCUT2D eigenvalue weighted by Crippen LogP contribution is -2.39. The molecule has 3 heterocycles. The molecule has 3 aromatic rings. The molecule has 32 heavy (non-hydrogen) atoms. The lowest BCUT2D eigenvalue weighted by atomic mass is 9.96. The molecule has 0 amide bonds. The molecule has 166 valence electrons. The number of hydrogen-bond donors (Lipinski definition) is 0. The van der Waals surface area contributed by atoms with E-state index >= 15 is 0 Å². The number of rotatable bonds is 5. The largest absolute Gasteiger partial charge is 0.496 e. The van der Waals surface area contributed by atoms with Crippen molar-refractivity contribution in [3.63, 3.8) is 0 Å². The summed E-state index contributed by atoms with van der Waals surface area (Å²) in [6, 6.07) is 6.89. The van der Waals surface area contributed by atoms with E-state index in [1.807, 2.05) is 42.6 Å². The van der Waals surface area contributed by atoms with E-state index in [-0.39, 0.29) is 12.2 Å². The Morgan fingerprint density at radius 3 is 2.72 bits per heavy atom. The molecular weight excluding hydrogens is 512 g/mol. The number of hydrogen-bond acceptors (Lipinski definition) is 7. The summed E-state index contributed by atoms with van der Waals surface area (Å²) >= 11 is 6.42. The maximum absolute atomic E-state index is 13.6. The molecule has 1 aliphatic rings. The minimum atomic E-state index is -0.654. The van der Waals surface area contributed by atoms with Crippen molar-refractivity contribution >= 4 is 50.6 Å². The van der Waals surface area contributed by atoms with Crippen molar-refractivity contribution in [1.82, 2.24) is 4.57 Å². The van der Waals surface area contributed by atoms with E-state index in [4.69, 9.17) is 9.47 Å². The second kappa shape index (κ2) is 9.17. The number of methoxy groups -OCH3 is 1. The Bertz CT molecular complexity index is 1410. The molecule has 0 fully saturated rings. The Morgan fingerprint density at radius 1 is 1.31 bits per heavy atom. The number of thiophene rings is 1. The SMILES string of the molecule is CCOC(=O)C1=C(C)N=c2s/c(=C/c3sccc3C)c(=O)n2[C@@H]1c1ccc(OC)c(Br)c1. The van der Waals surface area contributed by atoms with Crippen LogP contribution in [-0.4, -0.2) is 24.3 Å². The van der Waals surface area contributed by atoms with Crippen molar-refractivity contribution < 1.29 is 14.3 Å². The van der Waals surface area contributed by atoms with Gasteiger partial charge in [-0.1, -0.05) is 17.4 Å². The van der Waals surface area contributed by atoms with Gasteiger partial charge in [0, 0.05) is 4.88 Å². The van der Waals surface area contributed by atoms with Crippen molar-refractivity contribution in [3.8, 4) is 5.75 Å². The van der Waals surface area contributed by atoms with Gasteiger partial charge in [0.2, 0.25) is 0 Å². The standard InChI is InChI=1S/C23H21BrN2O4S2/c1-5-30-22(28)19-13(3)25-23-26(20(19)14-6-7-16(29-4)15(24)10-14)21(27)18(32-23)11-17-12(2)8-9-31-17/h6-11,20H,5H2,1-4H3/b18-11+/t20-/m1/s1. The summed E-state index contributed by atoms with van der Waals surface area (Å²) in [6.07, 6.45) is 1.90. The maximum Gasteiger partial charge on any atom is 0.338 e. The van der Waals surface area contributed by atoms with Gasteiger partial charge in [-0.2, -0.15) is 0 Å². The van der Waals surface area contributed by atoms with Crippen LogP contribution in [0.1, 0.15) is 35.9 Å². The number of thiazole rings is 1. The Balaban J connectivity index is 1.98. The van der Waals surface area contributed by atoms with E-state index in [1.165, 1.54) is 11.3 Å². The number of carbonyl (C=O) groups is 1. The van der Waals surface area contributed by atoms with Crippen molar-refractivity contribution in [2.75, 3.05) is 13.7 Å². The third kappa shape index (κ3) is 4.00. The molecule has 0 saturated carbocycles. The molecule has 6 nitrogen and oxygen atoms in total. The molecule has 0 spiro atoms. The van der Waals surface area contributed by atoms with E-state index in [9.17, 15) is 9.59 Å². The maximum atomic E-state index is 13.6. The van der Waals surface area contributed by atoms with Crippen LogP contribution in [0.2, 0.25) is 0 Å². The summed E-state index contributed by atoms with van der Waals surface area (Å²) in [5.74, 6) is 0.182. The molecule has 4 rings (SSSR count). The van der Waals surface area contributed by atoms with Gasteiger partial charge >= 0.3 is 5.97 Å². The van der Waals surface area contributed by atoms with Gasteiger partial charge in [-0.15, -0.1) is 11.3 Å². The molecule has 1 aromatic carbocycles. The van der Waals surface area contributed by atoms with Crippen LogP contribution in [0.3, 0.4) is 0 Å². The number of esters is 1. The number of ether oxygens (including phenoxy) is 2. The first kappa shape index (κ1) is 22.7. The predicted octanol–water partition coefficient (Wildman–Crippen LogP) is 3.94. The van der Waals surface area contributed by atoms with Crippen LogP contribution in [0, 0.1) is 6.92 Å². The molecule has 0 radical (unpaired) electrons. The fourth-order valence-corrected chi connectivity index (χ4v) is 6.13. The predicted molar refractivity (Wildman–Crippen MR) is 130 cm³/mol. The fraction of sp³-hybridized carbons (Fsp3) is 0.261. The third-order valence-corrected chi connectivity index (χ3v) is 7.74. The highest BCUT2D eigenvalue weighted by Crippen LogP contribution is 2.35. The smallest absolute Gasteiger partial charge is 0.338 e. The summed E-state index contributed by atoms with van der Waals surface area (Å²) in [7, 11) is 1.59. The Hall–Kier alpha value is -2.49. The molecule has 1 atom stereocenters. The van der Waals surface area contributed by atoms with Gasteiger partial charge < -0.3 is 9.47 Å². The van der Waals surface area contributed by atoms with Crippen molar-refractivity contribution in [3.05, 3.63) is 81.1 Å². The summed E-state index contributed by atoms with van der Waals surface area (Å²) in [5, 5.41) is 2.00. The van der Waals surface area contributed by atoms with Gasteiger partial charge in [-0.05, 0) is 77.5 Å². The first-order valence-electron chi connectivity index (χ1n) is 9.92. The monoisotopic (exact) mass is 532 g/mol. The van der Waals surface area contributed by atoms with E-state index in [0.29, 0.717) is 26.4 Å². The quantitative estimate of drug-likeness (QED) is 0.466. The second-order valence-electron chi connectivity index (χ2n) is 7.16. The Labute approximate surface area is 201 Å². The average Bonchev–Trinajstić information content (AvgIpc) is 3.30. The number of fused-ring (bicyclic) bond motifs is 1. The normalized spacial score (nSPS) is 16.0. The highest BCUT2D eigenvalue weighted by atomic mass is 79.9. The number of aromatic nitrogens is 1. The highest BCUT2D eigenvalue weighted by molar-refractivity contribution is 9.10. The number of aryl methyl sites for hydroxylation is 1. The fourth-order valence-electron chi connectivity index (χ4n) is 3.61. The van der Waals surface area contributed by atoms with Crippen LogP contribution in [-0.2, 0) is 9.53 Å². The van der Waals surface area contributed by atoms with Gasteiger partial charge in [0.05, 0.1) is 40.0 Å². The summed E-state index contributed by atoms with van der Waals surface area (Å²) < 4.78 is 13.6. The van der Waals surface area contributed by atoms with Crippen molar-refractivity contribution in [1.29, 1.82) is 0 Å². The number of allylic oxidation sites excluding steroid dienone is 1. The Morgan fingerprint density at radius 2 is 2.09 bits per heavy atom. The lowest BCUT2D eigenvalue weighted by molar-refractivity contribution is -0.139. The van der Waals surface area contributed by atoms with E-state index in [1.54, 1.807) is 36.9 Å². The lowest BCUT2D eigenvalue weighted by Gasteiger charge is -2.25. The second-order valence-corrected chi connectivity index (χ2v) is 9.98. The zero-order valence-electron chi connectivity index (χ0n) is 18.0. The molecule has 9 heteroatoms. The molecule has 0 saturated heterocycles. The molecule has 1 aliphatic heterocycles. The highest BCUT2D eigenvalue weighted by Gasteiger charge is 2.33. The van der Waals surface area contributed by atoms with Gasteiger partial charge in [0.15, 0.2) is 4.80 Å². The van der Waals surface area contributed by atoms with Crippen LogP contribution in [0.25, 0.3) is 6.08 Å². The third-order valence-electron chi connectivity index (χ3n) is 5.17. The first-order chi connectivity index (χ1) is 15.3. The summed E-state index contributed by atoms with van der Waals surface area (Å²) in [4.78, 5) is 32.7. The van der Waals surface area contributed by atoms with Crippen molar-refractivity contribution in [2.24, 2.45) is 4.99 Å². The zero-order chi connectivity index (χ0) is 23.0. The number of halogens is 1. The minimum absolute atomic E-state index is 0.187.